The number of piperidine rings is 1. The Hall–Kier alpha value is -1.10. The summed E-state index contributed by atoms with van der Waals surface area (Å²) < 4.78 is 0. The van der Waals surface area contributed by atoms with Crippen molar-refractivity contribution in [3.8, 4) is 0 Å². The average Bonchev–Trinajstić information content (AvgIpc) is 2.38. The van der Waals surface area contributed by atoms with Gasteiger partial charge in [-0.3, -0.25) is 9.59 Å². The summed E-state index contributed by atoms with van der Waals surface area (Å²) in [5.41, 5.74) is 0.190. The van der Waals surface area contributed by atoms with Crippen LogP contribution in [0.5, 0.6) is 0 Å². The first-order valence-electron chi connectivity index (χ1n) is 7.32. The van der Waals surface area contributed by atoms with Gasteiger partial charge in [-0.05, 0) is 38.5 Å². The summed E-state index contributed by atoms with van der Waals surface area (Å²) in [6.07, 6.45) is 5.82. The third kappa shape index (κ3) is 3.26. The van der Waals surface area contributed by atoms with E-state index in [4.69, 9.17) is 5.11 Å². The molecule has 1 saturated heterocycles. The molecule has 5 nitrogen and oxygen atoms in total. The second-order valence-corrected chi connectivity index (χ2v) is 5.83. The third-order valence-corrected chi connectivity index (χ3v) is 4.80. The number of carboxylic acids is 1. The van der Waals surface area contributed by atoms with Gasteiger partial charge in [0, 0.05) is 18.6 Å². The van der Waals surface area contributed by atoms with Crippen LogP contribution in [-0.2, 0) is 9.59 Å². The van der Waals surface area contributed by atoms with E-state index in [0.29, 0.717) is 32.5 Å². The molecule has 0 unspecified atom stereocenters. The molecule has 1 aliphatic carbocycles. The minimum Gasteiger partial charge on any atom is -0.481 e. The summed E-state index contributed by atoms with van der Waals surface area (Å²) in [7, 11) is 0. The molecule has 0 radical (unpaired) electrons. The van der Waals surface area contributed by atoms with E-state index in [-0.39, 0.29) is 17.4 Å². The molecule has 1 heterocycles. The van der Waals surface area contributed by atoms with E-state index in [2.05, 4.69) is 12.2 Å². The molecule has 2 N–H and O–H groups in total. The molecule has 2 fully saturated rings. The van der Waals surface area contributed by atoms with Crippen molar-refractivity contribution in [2.75, 3.05) is 19.6 Å². The smallest absolute Gasteiger partial charge is 0.306 e. The zero-order chi connectivity index (χ0) is 13.9. The van der Waals surface area contributed by atoms with Crippen LogP contribution in [0.2, 0.25) is 0 Å². The maximum absolute atomic E-state index is 12.1. The lowest BCUT2D eigenvalue weighted by Crippen LogP contribution is -2.54. The number of carbonyl (C=O) groups is 2. The summed E-state index contributed by atoms with van der Waals surface area (Å²) in [6.45, 7) is 3.72. The predicted molar refractivity (Wildman–Crippen MR) is 71.8 cm³/mol. The van der Waals surface area contributed by atoms with Gasteiger partial charge in [-0.15, -0.1) is 0 Å². The Bertz CT molecular complexity index is 339. The topological polar surface area (TPSA) is 69.6 Å². The maximum Gasteiger partial charge on any atom is 0.306 e. The number of hydrogen-bond acceptors (Lipinski definition) is 3. The molecule has 0 bridgehead atoms. The van der Waals surface area contributed by atoms with Gasteiger partial charge in [-0.1, -0.05) is 6.92 Å². The quantitative estimate of drug-likeness (QED) is 0.787. The standard InChI is InChI=1S/C14H24N2O3/c1-2-14(6-3-7-14)15-10-12(17)16-8-4-11(5-9-16)13(18)19/h11,15H,2-10H2,1H3,(H,18,19). The molecule has 2 aliphatic rings. The van der Waals surface area contributed by atoms with E-state index in [0.717, 1.165) is 19.3 Å². The van der Waals surface area contributed by atoms with Crippen LogP contribution in [0.4, 0.5) is 0 Å². The Morgan fingerprint density at radius 3 is 2.37 bits per heavy atom. The van der Waals surface area contributed by atoms with Gasteiger partial charge >= 0.3 is 5.97 Å². The van der Waals surface area contributed by atoms with Crippen LogP contribution in [0, 0.1) is 5.92 Å². The zero-order valence-corrected chi connectivity index (χ0v) is 11.7. The molecule has 0 aromatic heterocycles. The van der Waals surface area contributed by atoms with Crippen LogP contribution < -0.4 is 5.32 Å². The highest BCUT2D eigenvalue weighted by molar-refractivity contribution is 5.79. The lowest BCUT2D eigenvalue weighted by molar-refractivity contribution is -0.145. The van der Waals surface area contributed by atoms with Crippen molar-refractivity contribution >= 4 is 11.9 Å². The van der Waals surface area contributed by atoms with Crippen LogP contribution in [0.15, 0.2) is 0 Å². The van der Waals surface area contributed by atoms with Crippen LogP contribution >= 0.6 is 0 Å². The van der Waals surface area contributed by atoms with Gasteiger partial charge in [0.15, 0.2) is 0 Å². The van der Waals surface area contributed by atoms with Gasteiger partial charge in [-0.25, -0.2) is 0 Å². The van der Waals surface area contributed by atoms with Crippen LogP contribution in [-0.4, -0.2) is 47.1 Å². The van der Waals surface area contributed by atoms with Gasteiger partial charge in [0.1, 0.15) is 0 Å². The second kappa shape index (κ2) is 5.90. The van der Waals surface area contributed by atoms with Crippen LogP contribution in [0.1, 0.15) is 45.4 Å². The number of likely N-dealkylation sites (tertiary alicyclic amines) is 1. The molecular formula is C14H24N2O3. The molecule has 0 aromatic rings. The fourth-order valence-corrected chi connectivity index (χ4v) is 3.01. The van der Waals surface area contributed by atoms with E-state index in [1.165, 1.54) is 6.42 Å². The molecule has 19 heavy (non-hydrogen) atoms. The van der Waals surface area contributed by atoms with E-state index >= 15 is 0 Å². The number of amides is 1. The monoisotopic (exact) mass is 268 g/mol. The summed E-state index contributed by atoms with van der Waals surface area (Å²) in [6, 6.07) is 0. The number of carboxylic acid groups (broad SMARTS) is 1. The Balaban J connectivity index is 1.74. The van der Waals surface area contributed by atoms with Crippen LogP contribution in [0.3, 0.4) is 0 Å². The van der Waals surface area contributed by atoms with Crippen molar-refractivity contribution in [1.29, 1.82) is 0 Å². The van der Waals surface area contributed by atoms with Crippen molar-refractivity contribution in [1.82, 2.24) is 10.2 Å². The molecule has 1 aliphatic heterocycles. The van der Waals surface area contributed by atoms with Gasteiger partial charge in [0.25, 0.3) is 0 Å². The summed E-state index contributed by atoms with van der Waals surface area (Å²) >= 11 is 0. The van der Waals surface area contributed by atoms with Gasteiger partial charge < -0.3 is 15.3 Å². The first-order chi connectivity index (χ1) is 9.06. The highest BCUT2D eigenvalue weighted by Crippen LogP contribution is 2.34. The number of nitrogens with zero attached hydrogens (tertiary/aromatic N) is 1. The maximum atomic E-state index is 12.1. The molecule has 1 saturated carbocycles. The van der Waals surface area contributed by atoms with E-state index in [1.54, 1.807) is 4.90 Å². The summed E-state index contributed by atoms with van der Waals surface area (Å²) in [5.74, 6) is -0.890. The molecule has 0 aromatic carbocycles. The summed E-state index contributed by atoms with van der Waals surface area (Å²) in [5, 5.41) is 12.3. The number of aliphatic carboxylic acids is 1. The number of nitrogens with one attached hydrogen (secondary N) is 1. The van der Waals surface area contributed by atoms with E-state index < -0.39 is 5.97 Å². The number of rotatable bonds is 5. The average molecular weight is 268 g/mol. The first-order valence-corrected chi connectivity index (χ1v) is 7.32. The Morgan fingerprint density at radius 2 is 1.95 bits per heavy atom. The van der Waals surface area contributed by atoms with Crippen molar-refractivity contribution < 1.29 is 14.7 Å². The number of carbonyl (C=O) groups excluding carboxylic acids is 1. The molecule has 0 spiro atoms. The highest BCUT2D eigenvalue weighted by Gasteiger charge is 2.35. The van der Waals surface area contributed by atoms with E-state index in [9.17, 15) is 9.59 Å². The fraction of sp³-hybridized carbons (Fsp3) is 0.857. The molecule has 5 heteroatoms. The lowest BCUT2D eigenvalue weighted by Gasteiger charge is -2.42. The van der Waals surface area contributed by atoms with Crippen LogP contribution in [0.25, 0.3) is 0 Å². The predicted octanol–water partition coefficient (Wildman–Crippen LogP) is 1.23. The Kier molecular flexibility index (Phi) is 4.45. The normalized spacial score (nSPS) is 22.9. The number of hydrogen-bond donors (Lipinski definition) is 2. The molecule has 108 valence electrons. The van der Waals surface area contributed by atoms with Crippen molar-refractivity contribution in [3.63, 3.8) is 0 Å². The largest absolute Gasteiger partial charge is 0.481 e. The van der Waals surface area contributed by atoms with Crippen molar-refractivity contribution in [2.24, 2.45) is 5.92 Å². The molecule has 2 rings (SSSR count). The van der Waals surface area contributed by atoms with Gasteiger partial charge in [0.05, 0.1) is 12.5 Å². The van der Waals surface area contributed by atoms with Crippen molar-refractivity contribution in [2.45, 2.75) is 51.0 Å². The highest BCUT2D eigenvalue weighted by atomic mass is 16.4. The summed E-state index contributed by atoms with van der Waals surface area (Å²) in [4.78, 5) is 24.8. The SMILES string of the molecule is CCC1(NCC(=O)N2CCC(C(=O)O)CC2)CCC1. The Labute approximate surface area is 114 Å². The Morgan fingerprint density at radius 1 is 1.32 bits per heavy atom. The minimum atomic E-state index is -0.732. The van der Waals surface area contributed by atoms with E-state index in [1.807, 2.05) is 0 Å². The molecule has 0 atom stereocenters. The minimum absolute atomic E-state index is 0.114. The van der Waals surface area contributed by atoms with Crippen molar-refractivity contribution in [3.05, 3.63) is 0 Å². The lowest BCUT2D eigenvalue weighted by atomic mass is 9.75. The van der Waals surface area contributed by atoms with Gasteiger partial charge in [-0.2, -0.15) is 0 Å². The second-order valence-electron chi connectivity index (χ2n) is 5.83. The zero-order valence-electron chi connectivity index (χ0n) is 11.7. The fourth-order valence-electron chi connectivity index (χ4n) is 3.01. The third-order valence-electron chi connectivity index (χ3n) is 4.80. The van der Waals surface area contributed by atoms with Gasteiger partial charge in [0.2, 0.25) is 5.91 Å². The molecular weight excluding hydrogens is 244 g/mol. The molecule has 1 amide bonds. The first kappa shape index (κ1) is 14.3.